The lowest BCUT2D eigenvalue weighted by Crippen LogP contribution is -2.44. The molecule has 0 spiro atoms. The minimum Gasteiger partial charge on any atom is -0.478 e. The fourth-order valence-electron chi connectivity index (χ4n) is 3.31. The number of ether oxygens (including phenoxy) is 2. The predicted molar refractivity (Wildman–Crippen MR) is 107 cm³/mol. The van der Waals surface area contributed by atoms with Crippen molar-refractivity contribution >= 4 is 11.9 Å². The summed E-state index contributed by atoms with van der Waals surface area (Å²) >= 11 is 0. The maximum atomic E-state index is 12.9. The molecule has 31 heavy (non-hydrogen) atoms. The smallest absolute Gasteiger partial charge is 0.387 e. The summed E-state index contributed by atoms with van der Waals surface area (Å²) in [6.45, 7) is 0.700. The van der Waals surface area contributed by atoms with E-state index in [1.165, 1.54) is 30.5 Å². The van der Waals surface area contributed by atoms with Crippen molar-refractivity contribution in [2.45, 2.75) is 51.6 Å². The highest BCUT2D eigenvalue weighted by atomic mass is 19.3. The molecule has 1 amide bonds. The molecular weight excluding hydrogens is 410 g/mol. The lowest BCUT2D eigenvalue weighted by Gasteiger charge is -2.25. The van der Waals surface area contributed by atoms with Crippen LogP contribution in [0.15, 0.2) is 42.6 Å². The minimum atomic E-state index is -2.94. The standard InChI is InChI=1S/C22H24F2N2O5/c1-13(2)18(30-12-16-11-17(7-10-25-16)31-21(23)24)19(27)26-22(8-9-22)15-5-3-14(4-6-15)20(28)29/h3-7,10-11,13,18,21H,8-9,12H2,1-2H3,(H,26,27)(H,28,29)/t18-/m1/s1. The summed E-state index contributed by atoms with van der Waals surface area (Å²) in [4.78, 5) is 28.1. The lowest BCUT2D eigenvalue weighted by molar-refractivity contribution is -0.137. The van der Waals surface area contributed by atoms with Crippen molar-refractivity contribution in [2.24, 2.45) is 5.92 Å². The number of hydrogen-bond donors (Lipinski definition) is 2. The van der Waals surface area contributed by atoms with Crippen LogP contribution < -0.4 is 10.1 Å². The molecule has 0 bridgehead atoms. The molecule has 1 aliphatic carbocycles. The zero-order chi connectivity index (χ0) is 22.6. The molecule has 0 radical (unpaired) electrons. The van der Waals surface area contributed by atoms with Gasteiger partial charge in [0.05, 0.1) is 23.4 Å². The highest BCUT2D eigenvalue weighted by molar-refractivity contribution is 5.87. The quantitative estimate of drug-likeness (QED) is 0.591. The molecule has 2 N–H and O–H groups in total. The Bertz CT molecular complexity index is 930. The van der Waals surface area contributed by atoms with Gasteiger partial charge in [-0.2, -0.15) is 8.78 Å². The highest BCUT2D eigenvalue weighted by Gasteiger charge is 2.46. The van der Waals surface area contributed by atoms with Crippen LogP contribution in [-0.2, 0) is 21.7 Å². The molecule has 2 aromatic rings. The van der Waals surface area contributed by atoms with Gasteiger partial charge >= 0.3 is 12.6 Å². The molecule has 166 valence electrons. The van der Waals surface area contributed by atoms with E-state index in [1.54, 1.807) is 12.1 Å². The van der Waals surface area contributed by atoms with Crippen LogP contribution in [0.2, 0.25) is 0 Å². The SMILES string of the molecule is CC(C)[C@@H](OCc1cc(OC(F)F)ccn1)C(=O)NC1(c2ccc(C(=O)O)cc2)CC1. The average Bonchev–Trinajstić information content (AvgIpc) is 3.48. The normalized spacial score (nSPS) is 15.5. The molecule has 0 aliphatic heterocycles. The molecular formula is C22H24F2N2O5. The Morgan fingerprint density at radius 1 is 1.19 bits per heavy atom. The van der Waals surface area contributed by atoms with Crippen LogP contribution in [0.5, 0.6) is 5.75 Å². The number of aromatic carboxylic acids is 1. The molecule has 1 aliphatic rings. The molecule has 0 saturated heterocycles. The summed E-state index contributed by atoms with van der Waals surface area (Å²) in [5.74, 6) is -1.48. The molecule has 1 atom stereocenters. The van der Waals surface area contributed by atoms with Crippen molar-refractivity contribution in [3.05, 3.63) is 59.4 Å². The Balaban J connectivity index is 1.65. The van der Waals surface area contributed by atoms with Gasteiger partial charge in [-0.05, 0) is 42.5 Å². The maximum absolute atomic E-state index is 12.9. The zero-order valence-electron chi connectivity index (χ0n) is 17.2. The molecule has 1 saturated carbocycles. The minimum absolute atomic E-state index is 0.0316. The number of alkyl halides is 2. The van der Waals surface area contributed by atoms with Crippen LogP contribution in [0, 0.1) is 5.92 Å². The first-order valence-corrected chi connectivity index (χ1v) is 9.87. The van der Waals surface area contributed by atoms with Crippen molar-refractivity contribution in [3.63, 3.8) is 0 Å². The van der Waals surface area contributed by atoms with Crippen molar-refractivity contribution in [1.82, 2.24) is 10.3 Å². The summed E-state index contributed by atoms with van der Waals surface area (Å²) < 4.78 is 34.9. The van der Waals surface area contributed by atoms with Crippen LogP contribution in [-0.4, -0.2) is 34.7 Å². The number of amides is 1. The summed E-state index contributed by atoms with van der Waals surface area (Å²) in [5.41, 5.74) is 0.849. The van der Waals surface area contributed by atoms with Crippen LogP contribution in [0.3, 0.4) is 0 Å². The second-order valence-corrected chi connectivity index (χ2v) is 7.79. The number of pyridine rings is 1. The molecule has 3 rings (SSSR count). The molecule has 1 heterocycles. The topological polar surface area (TPSA) is 97.8 Å². The number of nitrogens with one attached hydrogen (secondary N) is 1. The molecule has 0 unspecified atom stereocenters. The molecule has 1 aromatic carbocycles. The molecule has 9 heteroatoms. The Kier molecular flexibility index (Phi) is 6.84. The number of hydrogen-bond acceptors (Lipinski definition) is 5. The molecule has 1 aromatic heterocycles. The van der Waals surface area contributed by atoms with Crippen molar-refractivity contribution < 1.29 is 33.0 Å². The van der Waals surface area contributed by atoms with Gasteiger partial charge < -0.3 is 19.9 Å². The Labute approximate surface area is 178 Å². The van der Waals surface area contributed by atoms with E-state index in [-0.39, 0.29) is 29.7 Å². The highest BCUT2D eigenvalue weighted by Crippen LogP contribution is 2.45. The third-order valence-corrected chi connectivity index (χ3v) is 5.08. The van der Waals surface area contributed by atoms with E-state index in [9.17, 15) is 18.4 Å². The number of benzene rings is 1. The monoisotopic (exact) mass is 434 g/mol. The first-order valence-electron chi connectivity index (χ1n) is 9.87. The van der Waals surface area contributed by atoms with Crippen molar-refractivity contribution in [2.75, 3.05) is 0 Å². The van der Waals surface area contributed by atoms with Gasteiger partial charge in [-0.1, -0.05) is 26.0 Å². The summed E-state index contributed by atoms with van der Waals surface area (Å²) in [6.07, 6.45) is 2.04. The molecule has 1 fully saturated rings. The van der Waals surface area contributed by atoms with Gasteiger partial charge in [0.1, 0.15) is 11.9 Å². The van der Waals surface area contributed by atoms with Crippen LogP contribution in [0.25, 0.3) is 0 Å². The number of carbonyl (C=O) groups excluding carboxylic acids is 1. The van der Waals surface area contributed by atoms with E-state index in [4.69, 9.17) is 9.84 Å². The summed E-state index contributed by atoms with van der Waals surface area (Å²) in [6, 6.07) is 9.10. The van der Waals surface area contributed by atoms with E-state index >= 15 is 0 Å². The van der Waals surface area contributed by atoms with Gasteiger partial charge in [0, 0.05) is 12.3 Å². The van der Waals surface area contributed by atoms with E-state index < -0.39 is 24.2 Å². The number of rotatable bonds is 10. The average molecular weight is 434 g/mol. The largest absolute Gasteiger partial charge is 0.478 e. The summed E-state index contributed by atoms with van der Waals surface area (Å²) in [5, 5.41) is 12.1. The first-order chi connectivity index (χ1) is 14.7. The number of halogens is 2. The van der Waals surface area contributed by atoms with E-state index in [2.05, 4.69) is 15.0 Å². The Hall–Kier alpha value is -3.07. The van der Waals surface area contributed by atoms with Gasteiger partial charge in [0.25, 0.3) is 0 Å². The maximum Gasteiger partial charge on any atom is 0.387 e. The predicted octanol–water partition coefficient (Wildman–Crippen LogP) is 3.73. The van der Waals surface area contributed by atoms with Crippen LogP contribution in [0.4, 0.5) is 8.78 Å². The van der Waals surface area contributed by atoms with Gasteiger partial charge in [0.15, 0.2) is 0 Å². The van der Waals surface area contributed by atoms with Gasteiger partial charge in [-0.3, -0.25) is 9.78 Å². The van der Waals surface area contributed by atoms with E-state index in [1.807, 2.05) is 13.8 Å². The van der Waals surface area contributed by atoms with Gasteiger partial charge in [-0.25, -0.2) is 4.79 Å². The van der Waals surface area contributed by atoms with Gasteiger partial charge in [0.2, 0.25) is 5.91 Å². The van der Waals surface area contributed by atoms with E-state index in [0.717, 1.165) is 18.4 Å². The van der Waals surface area contributed by atoms with Crippen molar-refractivity contribution in [3.8, 4) is 5.75 Å². The number of carbonyl (C=O) groups is 2. The Morgan fingerprint density at radius 3 is 2.42 bits per heavy atom. The summed E-state index contributed by atoms with van der Waals surface area (Å²) in [7, 11) is 0. The van der Waals surface area contributed by atoms with Crippen LogP contribution in [0.1, 0.15) is 48.3 Å². The number of carboxylic acids is 1. The second-order valence-electron chi connectivity index (χ2n) is 7.79. The molecule has 7 nitrogen and oxygen atoms in total. The van der Waals surface area contributed by atoms with Crippen LogP contribution >= 0.6 is 0 Å². The zero-order valence-corrected chi connectivity index (χ0v) is 17.2. The van der Waals surface area contributed by atoms with Crippen molar-refractivity contribution in [1.29, 1.82) is 0 Å². The number of aromatic nitrogens is 1. The fourth-order valence-corrected chi connectivity index (χ4v) is 3.31. The van der Waals surface area contributed by atoms with Gasteiger partial charge in [-0.15, -0.1) is 0 Å². The second kappa shape index (κ2) is 9.38. The number of carboxylic acid groups (broad SMARTS) is 1. The van der Waals surface area contributed by atoms with E-state index in [0.29, 0.717) is 5.69 Å². The third-order valence-electron chi connectivity index (χ3n) is 5.08. The lowest BCUT2D eigenvalue weighted by atomic mass is 10.0. The third kappa shape index (κ3) is 5.75. The number of nitrogens with zero attached hydrogens (tertiary/aromatic N) is 1. The first kappa shape index (κ1) is 22.6. The fraction of sp³-hybridized carbons (Fsp3) is 0.409. The Morgan fingerprint density at radius 2 is 1.87 bits per heavy atom.